The molecule has 0 aliphatic rings. The van der Waals surface area contributed by atoms with Crippen molar-refractivity contribution in [2.75, 3.05) is 5.75 Å². The minimum Gasteiger partial charge on any atom is -0.357 e. The van der Waals surface area contributed by atoms with E-state index in [0.29, 0.717) is 34.2 Å². The van der Waals surface area contributed by atoms with Crippen LogP contribution in [-0.4, -0.2) is 32.1 Å². The van der Waals surface area contributed by atoms with Crippen LogP contribution < -0.4 is 16.4 Å². The number of carbonyl (C=O) groups is 2. The molecule has 3 N–H and O–H groups in total. The van der Waals surface area contributed by atoms with E-state index < -0.39 is 11.8 Å². The number of fused-ring (bicyclic) bond motifs is 1. The Hall–Kier alpha value is -3.07. The van der Waals surface area contributed by atoms with Crippen molar-refractivity contribution in [1.82, 2.24) is 25.4 Å². The third-order valence-corrected chi connectivity index (χ3v) is 5.22. The first kappa shape index (κ1) is 20.7. The minimum atomic E-state index is -0.439. The van der Waals surface area contributed by atoms with E-state index in [-0.39, 0.29) is 11.3 Å². The number of nitrogens with zero attached hydrogens (tertiary/aromatic N) is 2. The van der Waals surface area contributed by atoms with Crippen LogP contribution in [-0.2, 0) is 11.3 Å². The lowest BCUT2D eigenvalue weighted by Gasteiger charge is -2.14. The molecule has 1 aromatic carbocycles. The van der Waals surface area contributed by atoms with E-state index in [9.17, 15) is 14.4 Å². The number of thioether (sulfide) groups is 1. The smallest absolute Gasteiger partial charge is 0.286 e. The molecule has 152 valence electrons. The zero-order valence-corrected chi connectivity index (χ0v) is 17.1. The Labute approximate surface area is 172 Å². The second-order valence-corrected chi connectivity index (χ2v) is 7.87. The predicted molar refractivity (Wildman–Crippen MR) is 113 cm³/mol. The van der Waals surface area contributed by atoms with Crippen molar-refractivity contribution in [3.8, 4) is 0 Å². The van der Waals surface area contributed by atoms with Crippen LogP contribution in [0, 0.1) is 5.92 Å². The summed E-state index contributed by atoms with van der Waals surface area (Å²) in [6.45, 7) is 4.71. The zero-order chi connectivity index (χ0) is 20.8. The highest BCUT2D eigenvalue weighted by Gasteiger charge is 2.14. The quantitative estimate of drug-likeness (QED) is 0.313. The number of aromatic nitrogens is 3. The summed E-state index contributed by atoms with van der Waals surface area (Å²) in [6.07, 6.45) is 2.44. The minimum absolute atomic E-state index is 0.0114. The fourth-order valence-corrected chi connectivity index (χ4v) is 3.50. The van der Waals surface area contributed by atoms with E-state index in [4.69, 9.17) is 0 Å². The van der Waals surface area contributed by atoms with Crippen LogP contribution >= 0.6 is 11.8 Å². The maximum absolute atomic E-state index is 12.9. The van der Waals surface area contributed by atoms with E-state index in [2.05, 4.69) is 34.7 Å². The van der Waals surface area contributed by atoms with Crippen molar-refractivity contribution in [1.29, 1.82) is 0 Å². The molecule has 0 aliphatic carbocycles. The molecule has 0 radical (unpaired) electrons. The van der Waals surface area contributed by atoms with Crippen molar-refractivity contribution in [3.05, 3.63) is 58.6 Å². The van der Waals surface area contributed by atoms with Crippen molar-refractivity contribution >= 4 is 34.5 Å². The number of H-pyrrole nitrogens is 1. The average molecular weight is 414 g/mol. The standard InChI is InChI=1S/C20H23N5O3S/c1-13(2)9-11-25-19(28)14-6-3-4-7-15(14)22-20(25)29-12-17(26)23-24-18(27)16-8-5-10-21-16/h3-8,10,13,21H,9,11-12H2,1-2H3,(H,23,26)(H,24,27). The molecule has 3 aromatic rings. The number of amides is 2. The highest BCUT2D eigenvalue weighted by Crippen LogP contribution is 2.18. The van der Waals surface area contributed by atoms with Gasteiger partial charge in [-0.3, -0.25) is 29.8 Å². The summed E-state index contributed by atoms with van der Waals surface area (Å²) in [5, 5.41) is 1.04. The van der Waals surface area contributed by atoms with Crippen LogP contribution in [0.1, 0.15) is 30.8 Å². The van der Waals surface area contributed by atoms with Crippen LogP contribution in [0.3, 0.4) is 0 Å². The van der Waals surface area contributed by atoms with Gasteiger partial charge < -0.3 is 4.98 Å². The molecule has 3 rings (SSSR count). The molecule has 2 aromatic heterocycles. The second kappa shape index (κ2) is 9.42. The fourth-order valence-electron chi connectivity index (χ4n) is 2.67. The topological polar surface area (TPSA) is 109 Å². The molecule has 9 heteroatoms. The molecular weight excluding hydrogens is 390 g/mol. The van der Waals surface area contributed by atoms with E-state index in [1.807, 2.05) is 12.1 Å². The first-order chi connectivity index (χ1) is 14.0. The summed E-state index contributed by atoms with van der Waals surface area (Å²) in [4.78, 5) is 44.2. The molecule has 0 saturated heterocycles. The van der Waals surface area contributed by atoms with Crippen molar-refractivity contribution in [2.45, 2.75) is 32.0 Å². The Kier molecular flexibility index (Phi) is 6.71. The Morgan fingerprint density at radius 3 is 2.69 bits per heavy atom. The summed E-state index contributed by atoms with van der Waals surface area (Å²) < 4.78 is 1.62. The maximum Gasteiger partial charge on any atom is 0.286 e. The number of benzene rings is 1. The second-order valence-electron chi connectivity index (χ2n) is 6.93. The van der Waals surface area contributed by atoms with Gasteiger partial charge in [0.05, 0.1) is 16.7 Å². The lowest BCUT2D eigenvalue weighted by atomic mass is 10.1. The summed E-state index contributed by atoms with van der Waals surface area (Å²) in [7, 11) is 0. The number of hydrazine groups is 1. The fraction of sp³-hybridized carbons (Fsp3) is 0.300. The first-order valence-electron chi connectivity index (χ1n) is 9.30. The molecular formula is C20H23N5O3S. The Bertz CT molecular complexity index is 1060. The number of hydrogen-bond acceptors (Lipinski definition) is 5. The van der Waals surface area contributed by atoms with Crippen molar-refractivity contribution in [3.63, 3.8) is 0 Å². The monoisotopic (exact) mass is 413 g/mol. The number of nitrogens with one attached hydrogen (secondary N) is 3. The summed E-state index contributed by atoms with van der Waals surface area (Å²) in [5.41, 5.74) is 5.54. The Morgan fingerprint density at radius 2 is 1.97 bits per heavy atom. The largest absolute Gasteiger partial charge is 0.357 e. The van der Waals surface area contributed by atoms with E-state index in [1.165, 1.54) is 11.8 Å². The van der Waals surface area contributed by atoms with Gasteiger partial charge in [0, 0.05) is 12.7 Å². The van der Waals surface area contributed by atoms with E-state index in [0.717, 1.165) is 6.42 Å². The molecule has 0 aliphatic heterocycles. The Morgan fingerprint density at radius 1 is 1.17 bits per heavy atom. The molecule has 8 nitrogen and oxygen atoms in total. The SMILES string of the molecule is CC(C)CCn1c(SCC(=O)NNC(=O)c2ccc[nH]2)nc2ccccc2c1=O. The number of carbonyl (C=O) groups excluding carboxylic acids is 2. The van der Waals surface area contributed by atoms with Gasteiger partial charge >= 0.3 is 0 Å². The first-order valence-corrected chi connectivity index (χ1v) is 10.3. The maximum atomic E-state index is 12.9. The molecule has 2 amide bonds. The van der Waals surface area contributed by atoms with Gasteiger partial charge in [0.25, 0.3) is 11.5 Å². The molecule has 0 fully saturated rings. The van der Waals surface area contributed by atoms with Gasteiger partial charge in [-0.25, -0.2) is 4.98 Å². The number of hydrogen-bond donors (Lipinski definition) is 3. The van der Waals surface area contributed by atoms with E-state index >= 15 is 0 Å². The highest BCUT2D eigenvalue weighted by atomic mass is 32.2. The highest BCUT2D eigenvalue weighted by molar-refractivity contribution is 7.99. The number of para-hydroxylation sites is 1. The van der Waals surface area contributed by atoms with Crippen molar-refractivity contribution < 1.29 is 9.59 Å². The molecule has 0 saturated carbocycles. The van der Waals surface area contributed by atoms with Gasteiger partial charge in [-0.2, -0.15) is 0 Å². The van der Waals surface area contributed by atoms with Crippen LogP contribution in [0.25, 0.3) is 10.9 Å². The van der Waals surface area contributed by atoms with Crippen LogP contribution in [0.15, 0.2) is 52.5 Å². The van der Waals surface area contributed by atoms with Crippen LogP contribution in [0.5, 0.6) is 0 Å². The molecule has 0 bridgehead atoms. The molecule has 0 atom stereocenters. The summed E-state index contributed by atoms with van der Waals surface area (Å²) >= 11 is 1.17. The van der Waals surface area contributed by atoms with Gasteiger partial charge in [-0.05, 0) is 36.6 Å². The summed E-state index contributed by atoms with van der Waals surface area (Å²) in [5.74, 6) is -0.395. The molecule has 29 heavy (non-hydrogen) atoms. The average Bonchev–Trinajstić information content (AvgIpc) is 3.24. The Balaban J connectivity index is 1.70. The molecule has 0 spiro atoms. The summed E-state index contributed by atoms with van der Waals surface area (Å²) in [6, 6.07) is 10.5. The molecule has 2 heterocycles. The third-order valence-electron chi connectivity index (χ3n) is 4.25. The zero-order valence-electron chi connectivity index (χ0n) is 16.3. The van der Waals surface area contributed by atoms with Crippen LogP contribution in [0.4, 0.5) is 0 Å². The number of aromatic amines is 1. The van der Waals surface area contributed by atoms with Gasteiger partial charge in [0.1, 0.15) is 5.69 Å². The number of rotatable bonds is 7. The van der Waals surface area contributed by atoms with E-state index in [1.54, 1.807) is 35.0 Å². The van der Waals surface area contributed by atoms with Crippen LogP contribution in [0.2, 0.25) is 0 Å². The van der Waals surface area contributed by atoms with Gasteiger partial charge in [-0.1, -0.05) is 37.7 Å². The third kappa shape index (κ3) is 5.26. The normalized spacial score (nSPS) is 11.0. The van der Waals surface area contributed by atoms with Gasteiger partial charge in [0.2, 0.25) is 5.91 Å². The lowest BCUT2D eigenvalue weighted by molar-refractivity contribution is -0.119. The predicted octanol–water partition coefficient (Wildman–Crippen LogP) is 2.32. The molecule has 0 unspecified atom stereocenters. The lowest BCUT2D eigenvalue weighted by Crippen LogP contribution is -2.42. The van der Waals surface area contributed by atoms with Gasteiger partial charge in [0.15, 0.2) is 5.16 Å². The van der Waals surface area contributed by atoms with Gasteiger partial charge in [-0.15, -0.1) is 0 Å². The van der Waals surface area contributed by atoms with Crippen molar-refractivity contribution in [2.24, 2.45) is 5.92 Å².